The maximum absolute atomic E-state index is 12.3. The predicted molar refractivity (Wildman–Crippen MR) is 98.2 cm³/mol. The van der Waals surface area contributed by atoms with E-state index in [1.165, 1.54) is 0 Å². The van der Waals surface area contributed by atoms with Crippen LogP contribution in [0.5, 0.6) is 5.75 Å². The molecule has 0 radical (unpaired) electrons. The van der Waals surface area contributed by atoms with Crippen molar-refractivity contribution in [2.75, 3.05) is 25.5 Å². The average molecular weight is 324 g/mol. The molecule has 0 fully saturated rings. The van der Waals surface area contributed by atoms with Crippen molar-refractivity contribution in [2.24, 2.45) is 0 Å². The van der Waals surface area contributed by atoms with Gasteiger partial charge in [-0.2, -0.15) is 0 Å². The number of benzene rings is 2. The Morgan fingerprint density at radius 3 is 2.50 bits per heavy atom. The minimum Gasteiger partial charge on any atom is -0.487 e. The van der Waals surface area contributed by atoms with Crippen LogP contribution in [0.3, 0.4) is 0 Å². The molecule has 24 heavy (non-hydrogen) atoms. The van der Waals surface area contributed by atoms with Crippen molar-refractivity contribution in [1.29, 1.82) is 0 Å². The number of nitrogens with zero attached hydrogens (tertiary/aromatic N) is 1. The Bertz CT molecular complexity index is 683. The highest BCUT2D eigenvalue weighted by Crippen LogP contribution is 2.23. The smallest absolute Gasteiger partial charge is 0.241 e. The molecular formula is C20H24N2O2. The molecule has 2 rings (SSSR count). The molecule has 0 saturated heterocycles. The zero-order valence-corrected chi connectivity index (χ0v) is 14.3. The predicted octanol–water partition coefficient (Wildman–Crippen LogP) is 3.71. The topological polar surface area (TPSA) is 41.6 Å². The first-order valence-electron chi connectivity index (χ1n) is 7.94. The van der Waals surface area contributed by atoms with E-state index < -0.39 is 0 Å². The molecule has 0 unspecified atom stereocenters. The highest BCUT2D eigenvalue weighted by atomic mass is 16.5. The molecule has 0 atom stereocenters. The van der Waals surface area contributed by atoms with Crippen molar-refractivity contribution in [3.63, 3.8) is 0 Å². The first-order valence-corrected chi connectivity index (χ1v) is 7.94. The minimum atomic E-state index is 0.0218. The van der Waals surface area contributed by atoms with Crippen LogP contribution in [0.1, 0.15) is 12.5 Å². The summed E-state index contributed by atoms with van der Waals surface area (Å²) in [5, 5.41) is 3.16. The molecule has 4 nitrogen and oxygen atoms in total. The second-order valence-corrected chi connectivity index (χ2v) is 5.83. The van der Waals surface area contributed by atoms with Gasteiger partial charge < -0.3 is 15.0 Å². The van der Waals surface area contributed by atoms with E-state index in [-0.39, 0.29) is 12.5 Å². The van der Waals surface area contributed by atoms with Crippen molar-refractivity contribution < 1.29 is 9.53 Å². The van der Waals surface area contributed by atoms with E-state index in [0.29, 0.717) is 13.2 Å². The normalized spacial score (nSPS) is 10.1. The van der Waals surface area contributed by atoms with Crippen molar-refractivity contribution in [3.05, 3.63) is 72.3 Å². The summed E-state index contributed by atoms with van der Waals surface area (Å²) in [6, 6.07) is 17.5. The Morgan fingerprint density at radius 1 is 1.12 bits per heavy atom. The number of rotatable bonds is 8. The van der Waals surface area contributed by atoms with Gasteiger partial charge in [0.25, 0.3) is 0 Å². The standard InChI is InChI=1S/C20H24N2O2/c1-16(2)15-24-19-12-8-7-11-18(19)21-13-20(23)22(3)14-17-9-5-4-6-10-17/h4-12,21H,1,13-15H2,2-3H3. The third-order valence-electron chi connectivity index (χ3n) is 3.48. The van der Waals surface area contributed by atoms with Gasteiger partial charge in [0.2, 0.25) is 5.91 Å². The van der Waals surface area contributed by atoms with Gasteiger partial charge >= 0.3 is 0 Å². The number of amides is 1. The summed E-state index contributed by atoms with van der Waals surface area (Å²) in [7, 11) is 1.81. The van der Waals surface area contributed by atoms with Gasteiger partial charge in [0, 0.05) is 13.6 Å². The first kappa shape index (κ1) is 17.6. The lowest BCUT2D eigenvalue weighted by Crippen LogP contribution is -2.31. The summed E-state index contributed by atoms with van der Waals surface area (Å²) < 4.78 is 5.70. The molecule has 0 aliphatic rings. The van der Waals surface area contributed by atoms with Gasteiger partial charge in [0.1, 0.15) is 12.4 Å². The van der Waals surface area contributed by atoms with Gasteiger partial charge in [-0.1, -0.05) is 49.0 Å². The highest BCUT2D eigenvalue weighted by molar-refractivity contribution is 5.81. The van der Waals surface area contributed by atoms with Crippen molar-refractivity contribution in [2.45, 2.75) is 13.5 Å². The monoisotopic (exact) mass is 324 g/mol. The maximum Gasteiger partial charge on any atom is 0.241 e. The summed E-state index contributed by atoms with van der Waals surface area (Å²) in [5.74, 6) is 0.743. The molecule has 1 amide bonds. The molecule has 0 aliphatic heterocycles. The van der Waals surface area contributed by atoms with Gasteiger partial charge in [-0.05, 0) is 30.2 Å². The fraction of sp³-hybridized carbons (Fsp3) is 0.250. The fourth-order valence-corrected chi connectivity index (χ4v) is 2.19. The van der Waals surface area contributed by atoms with E-state index in [1.54, 1.807) is 11.9 Å². The average Bonchev–Trinajstić information content (AvgIpc) is 2.59. The van der Waals surface area contributed by atoms with Crippen LogP contribution in [-0.4, -0.2) is 31.0 Å². The third kappa shape index (κ3) is 5.47. The molecule has 2 aromatic rings. The molecule has 0 saturated carbocycles. The molecule has 1 N–H and O–H groups in total. The molecule has 4 heteroatoms. The first-order chi connectivity index (χ1) is 11.6. The molecule has 0 heterocycles. The van der Waals surface area contributed by atoms with Crippen LogP contribution in [0.15, 0.2) is 66.7 Å². The lowest BCUT2D eigenvalue weighted by atomic mass is 10.2. The van der Waals surface area contributed by atoms with Gasteiger partial charge in [-0.25, -0.2) is 0 Å². The Morgan fingerprint density at radius 2 is 1.79 bits per heavy atom. The van der Waals surface area contributed by atoms with Crippen LogP contribution in [-0.2, 0) is 11.3 Å². The fourth-order valence-electron chi connectivity index (χ4n) is 2.19. The van der Waals surface area contributed by atoms with Crippen molar-refractivity contribution in [1.82, 2.24) is 4.90 Å². The minimum absolute atomic E-state index is 0.0218. The Kier molecular flexibility index (Phi) is 6.43. The Balaban J connectivity index is 1.90. The van der Waals surface area contributed by atoms with Crippen LogP contribution >= 0.6 is 0 Å². The van der Waals surface area contributed by atoms with Crippen LogP contribution in [0, 0.1) is 0 Å². The SMILES string of the molecule is C=C(C)COc1ccccc1NCC(=O)N(C)Cc1ccccc1. The number of para-hydroxylation sites is 2. The quantitative estimate of drug-likeness (QED) is 0.753. The van der Waals surface area contributed by atoms with E-state index in [2.05, 4.69) is 11.9 Å². The second-order valence-electron chi connectivity index (χ2n) is 5.83. The molecule has 126 valence electrons. The number of carbonyl (C=O) groups excluding carboxylic acids is 1. The number of hydrogen-bond donors (Lipinski definition) is 1. The van der Waals surface area contributed by atoms with Crippen LogP contribution in [0.4, 0.5) is 5.69 Å². The molecule has 0 bridgehead atoms. The Hall–Kier alpha value is -2.75. The number of nitrogens with one attached hydrogen (secondary N) is 1. The third-order valence-corrected chi connectivity index (χ3v) is 3.48. The number of hydrogen-bond acceptors (Lipinski definition) is 3. The van der Waals surface area contributed by atoms with E-state index in [4.69, 9.17) is 4.74 Å². The van der Waals surface area contributed by atoms with Crippen LogP contribution in [0.2, 0.25) is 0 Å². The molecule has 0 aromatic heterocycles. The molecular weight excluding hydrogens is 300 g/mol. The lowest BCUT2D eigenvalue weighted by Gasteiger charge is -2.19. The highest BCUT2D eigenvalue weighted by Gasteiger charge is 2.10. The van der Waals surface area contributed by atoms with Gasteiger partial charge in [0.05, 0.1) is 12.2 Å². The van der Waals surface area contributed by atoms with Crippen LogP contribution in [0.25, 0.3) is 0 Å². The van der Waals surface area contributed by atoms with Crippen molar-refractivity contribution in [3.8, 4) is 5.75 Å². The zero-order valence-electron chi connectivity index (χ0n) is 14.3. The summed E-state index contributed by atoms with van der Waals surface area (Å²) in [6.45, 7) is 7.02. The van der Waals surface area contributed by atoms with E-state index in [0.717, 1.165) is 22.6 Å². The van der Waals surface area contributed by atoms with Crippen LogP contribution < -0.4 is 10.1 Å². The molecule has 0 aliphatic carbocycles. The number of likely N-dealkylation sites (N-methyl/N-ethyl adjacent to an activating group) is 1. The second kappa shape index (κ2) is 8.77. The molecule has 2 aromatic carbocycles. The molecule has 0 spiro atoms. The van der Waals surface area contributed by atoms with Gasteiger partial charge in [0.15, 0.2) is 0 Å². The number of carbonyl (C=O) groups is 1. The van der Waals surface area contributed by atoms with E-state index in [9.17, 15) is 4.79 Å². The maximum atomic E-state index is 12.3. The zero-order chi connectivity index (χ0) is 17.4. The lowest BCUT2D eigenvalue weighted by molar-refractivity contribution is -0.128. The largest absolute Gasteiger partial charge is 0.487 e. The van der Waals surface area contributed by atoms with E-state index in [1.807, 2.05) is 61.5 Å². The van der Waals surface area contributed by atoms with Gasteiger partial charge in [-0.3, -0.25) is 4.79 Å². The van der Waals surface area contributed by atoms with Crippen molar-refractivity contribution >= 4 is 11.6 Å². The number of ether oxygens (including phenoxy) is 1. The van der Waals surface area contributed by atoms with E-state index >= 15 is 0 Å². The Labute approximate surface area is 143 Å². The van der Waals surface area contributed by atoms with Gasteiger partial charge in [-0.15, -0.1) is 0 Å². The number of anilines is 1. The summed E-state index contributed by atoms with van der Waals surface area (Å²) in [6.07, 6.45) is 0. The summed E-state index contributed by atoms with van der Waals surface area (Å²) in [4.78, 5) is 14.0. The summed E-state index contributed by atoms with van der Waals surface area (Å²) >= 11 is 0. The summed E-state index contributed by atoms with van der Waals surface area (Å²) in [5.41, 5.74) is 2.86.